The Hall–Kier alpha value is -0.570. The van der Waals surface area contributed by atoms with Crippen LogP contribution >= 0.6 is 0 Å². The van der Waals surface area contributed by atoms with Gasteiger partial charge in [0.25, 0.3) is 0 Å². The van der Waals surface area contributed by atoms with E-state index in [4.69, 9.17) is 0 Å². The largest absolute Gasteiger partial charge is 0.323 e. The lowest BCUT2D eigenvalue weighted by Crippen LogP contribution is -2.44. The molecule has 1 heterocycles. The predicted molar refractivity (Wildman–Crippen MR) is 85.6 cm³/mol. The van der Waals surface area contributed by atoms with Gasteiger partial charge in [0, 0.05) is 6.04 Å². The molecule has 0 aromatic rings. The van der Waals surface area contributed by atoms with Crippen molar-refractivity contribution in [3.63, 3.8) is 0 Å². The van der Waals surface area contributed by atoms with Gasteiger partial charge in [-0.05, 0) is 25.7 Å². The molecule has 1 saturated heterocycles. The molecule has 1 aliphatic rings. The number of carbonyl (C=O) groups is 1. The van der Waals surface area contributed by atoms with E-state index in [2.05, 4.69) is 37.9 Å². The minimum absolute atomic E-state index is 0.0703. The number of hydrogen-bond donors (Lipinski definition) is 1. The minimum Gasteiger partial charge on any atom is -0.323 e. The summed E-state index contributed by atoms with van der Waals surface area (Å²) in [5.41, 5.74) is 0. The van der Waals surface area contributed by atoms with Crippen molar-refractivity contribution in [3.05, 3.63) is 0 Å². The topological polar surface area (TPSA) is 32.3 Å². The standard InChI is InChI=1S/C17H34N2O/c1-5-9-12-14(11-7-3)19-16(8-4)18-15(17(19)20)13-10-6-2/h14-16,18H,5-13H2,1-4H3. The Morgan fingerprint density at radius 2 is 1.75 bits per heavy atom. The molecular weight excluding hydrogens is 248 g/mol. The third-order valence-corrected chi connectivity index (χ3v) is 4.42. The lowest BCUT2D eigenvalue weighted by atomic mass is 10.0. The number of rotatable bonds is 10. The minimum atomic E-state index is 0.0703. The number of carbonyl (C=O) groups excluding carboxylic acids is 1. The molecule has 0 aromatic heterocycles. The highest BCUT2D eigenvalue weighted by atomic mass is 16.2. The first-order valence-corrected chi connectivity index (χ1v) is 8.77. The van der Waals surface area contributed by atoms with Crippen LogP contribution in [0, 0.1) is 0 Å². The number of hydrogen-bond acceptors (Lipinski definition) is 2. The van der Waals surface area contributed by atoms with Crippen LogP contribution in [0.4, 0.5) is 0 Å². The van der Waals surface area contributed by atoms with Gasteiger partial charge < -0.3 is 4.90 Å². The fraction of sp³-hybridized carbons (Fsp3) is 0.941. The van der Waals surface area contributed by atoms with Gasteiger partial charge >= 0.3 is 0 Å². The average Bonchev–Trinajstić information content (AvgIpc) is 2.77. The summed E-state index contributed by atoms with van der Waals surface area (Å²) in [7, 11) is 0. The highest BCUT2D eigenvalue weighted by Crippen LogP contribution is 2.25. The van der Waals surface area contributed by atoms with Gasteiger partial charge in [0.1, 0.15) is 0 Å². The van der Waals surface area contributed by atoms with Crippen LogP contribution < -0.4 is 5.32 Å². The Morgan fingerprint density at radius 3 is 2.30 bits per heavy atom. The van der Waals surface area contributed by atoms with Crippen LogP contribution in [0.15, 0.2) is 0 Å². The highest BCUT2D eigenvalue weighted by Gasteiger charge is 2.40. The third kappa shape index (κ3) is 4.47. The Balaban J connectivity index is 2.73. The summed E-state index contributed by atoms with van der Waals surface area (Å²) in [4.78, 5) is 14.9. The summed E-state index contributed by atoms with van der Waals surface area (Å²) in [5, 5.41) is 3.57. The van der Waals surface area contributed by atoms with Gasteiger partial charge in [-0.15, -0.1) is 0 Å². The molecular formula is C17H34N2O. The van der Waals surface area contributed by atoms with Crippen molar-refractivity contribution in [2.45, 2.75) is 104 Å². The molecule has 1 N–H and O–H groups in total. The van der Waals surface area contributed by atoms with E-state index in [1.165, 1.54) is 12.8 Å². The van der Waals surface area contributed by atoms with E-state index in [1.807, 2.05) is 0 Å². The smallest absolute Gasteiger partial charge is 0.241 e. The maximum absolute atomic E-state index is 12.7. The Bertz CT molecular complexity index is 280. The van der Waals surface area contributed by atoms with Gasteiger partial charge in [-0.3, -0.25) is 10.1 Å². The molecule has 3 heteroatoms. The van der Waals surface area contributed by atoms with Crippen LogP contribution in [-0.4, -0.2) is 29.1 Å². The van der Waals surface area contributed by atoms with Crippen molar-refractivity contribution in [2.24, 2.45) is 0 Å². The molecule has 1 rings (SSSR count). The maximum Gasteiger partial charge on any atom is 0.241 e. The zero-order chi connectivity index (χ0) is 15.0. The average molecular weight is 282 g/mol. The highest BCUT2D eigenvalue weighted by molar-refractivity contribution is 5.84. The normalized spacial score (nSPS) is 24.4. The van der Waals surface area contributed by atoms with Crippen LogP contribution in [0.5, 0.6) is 0 Å². The summed E-state index contributed by atoms with van der Waals surface area (Å²) in [6, 6.07) is 0.511. The lowest BCUT2D eigenvalue weighted by Gasteiger charge is -2.32. The SMILES string of the molecule is CCCCC1NC(CC)N(C(CCC)CCCC)C1=O. The van der Waals surface area contributed by atoms with E-state index in [9.17, 15) is 4.79 Å². The van der Waals surface area contributed by atoms with Crippen molar-refractivity contribution >= 4 is 5.91 Å². The Morgan fingerprint density at radius 1 is 1.05 bits per heavy atom. The van der Waals surface area contributed by atoms with Crippen LogP contribution in [0.3, 0.4) is 0 Å². The van der Waals surface area contributed by atoms with Crippen LogP contribution in [0.2, 0.25) is 0 Å². The van der Waals surface area contributed by atoms with Crippen LogP contribution in [0.1, 0.15) is 85.5 Å². The number of nitrogens with one attached hydrogen (secondary N) is 1. The predicted octanol–water partition coefficient (Wildman–Crippen LogP) is 4.07. The number of unbranched alkanes of at least 4 members (excludes halogenated alkanes) is 2. The van der Waals surface area contributed by atoms with E-state index in [0.29, 0.717) is 11.9 Å². The summed E-state index contributed by atoms with van der Waals surface area (Å²) in [6.07, 6.45) is 10.5. The van der Waals surface area contributed by atoms with Crippen molar-refractivity contribution in [2.75, 3.05) is 0 Å². The van der Waals surface area contributed by atoms with E-state index in [0.717, 1.165) is 44.9 Å². The van der Waals surface area contributed by atoms with Crippen molar-refractivity contribution < 1.29 is 4.79 Å². The number of nitrogens with zero attached hydrogens (tertiary/aromatic N) is 1. The molecule has 0 aromatic carbocycles. The van der Waals surface area contributed by atoms with E-state index in [1.54, 1.807) is 0 Å². The van der Waals surface area contributed by atoms with Gasteiger partial charge in [-0.25, -0.2) is 0 Å². The Labute approximate surface area is 125 Å². The monoisotopic (exact) mass is 282 g/mol. The second kappa shape index (κ2) is 9.38. The molecule has 0 radical (unpaired) electrons. The summed E-state index contributed by atoms with van der Waals surface area (Å²) >= 11 is 0. The fourth-order valence-electron chi connectivity index (χ4n) is 3.28. The maximum atomic E-state index is 12.7. The summed E-state index contributed by atoms with van der Waals surface area (Å²) in [6.45, 7) is 8.83. The molecule has 20 heavy (non-hydrogen) atoms. The van der Waals surface area contributed by atoms with Gasteiger partial charge in [0.2, 0.25) is 5.91 Å². The van der Waals surface area contributed by atoms with Crippen LogP contribution in [0.25, 0.3) is 0 Å². The molecule has 1 aliphatic heterocycles. The molecule has 0 saturated carbocycles. The fourth-order valence-corrected chi connectivity index (χ4v) is 3.28. The molecule has 0 aliphatic carbocycles. The molecule has 0 bridgehead atoms. The van der Waals surface area contributed by atoms with Crippen molar-refractivity contribution in [1.29, 1.82) is 0 Å². The first-order chi connectivity index (χ1) is 9.69. The lowest BCUT2D eigenvalue weighted by molar-refractivity contribution is -0.132. The molecule has 3 nitrogen and oxygen atoms in total. The first-order valence-electron chi connectivity index (χ1n) is 8.77. The van der Waals surface area contributed by atoms with Gasteiger partial charge in [-0.2, -0.15) is 0 Å². The third-order valence-electron chi connectivity index (χ3n) is 4.42. The van der Waals surface area contributed by atoms with Crippen molar-refractivity contribution in [1.82, 2.24) is 10.2 Å². The van der Waals surface area contributed by atoms with Crippen LogP contribution in [-0.2, 0) is 4.79 Å². The quantitative estimate of drug-likeness (QED) is 0.655. The second-order valence-electron chi connectivity index (χ2n) is 6.12. The molecule has 3 atom stereocenters. The van der Waals surface area contributed by atoms with Gasteiger partial charge in [0.15, 0.2) is 0 Å². The Kier molecular flexibility index (Phi) is 8.20. The zero-order valence-corrected chi connectivity index (χ0v) is 14.0. The van der Waals surface area contributed by atoms with Gasteiger partial charge in [-0.1, -0.05) is 59.8 Å². The summed E-state index contributed by atoms with van der Waals surface area (Å²) in [5.74, 6) is 0.361. The molecule has 0 spiro atoms. The first kappa shape index (κ1) is 17.5. The summed E-state index contributed by atoms with van der Waals surface area (Å²) < 4.78 is 0. The van der Waals surface area contributed by atoms with E-state index >= 15 is 0 Å². The van der Waals surface area contributed by atoms with Gasteiger partial charge in [0.05, 0.1) is 12.2 Å². The van der Waals surface area contributed by atoms with E-state index < -0.39 is 0 Å². The van der Waals surface area contributed by atoms with Crippen molar-refractivity contribution in [3.8, 4) is 0 Å². The molecule has 1 amide bonds. The molecule has 3 unspecified atom stereocenters. The second-order valence-corrected chi connectivity index (χ2v) is 6.12. The molecule has 1 fully saturated rings. The van der Waals surface area contributed by atoms with E-state index in [-0.39, 0.29) is 12.2 Å². The molecule has 118 valence electrons. The number of amides is 1. The zero-order valence-electron chi connectivity index (χ0n) is 14.0.